The van der Waals surface area contributed by atoms with Crippen molar-refractivity contribution in [3.63, 3.8) is 0 Å². The second kappa shape index (κ2) is 8.18. The predicted molar refractivity (Wildman–Crippen MR) is 133 cm³/mol. The first kappa shape index (κ1) is 23.0. The van der Waals surface area contributed by atoms with Gasteiger partial charge in [-0.2, -0.15) is 5.10 Å². The van der Waals surface area contributed by atoms with Gasteiger partial charge in [-0.3, -0.25) is 14.7 Å². The number of H-pyrrole nitrogens is 1. The second-order valence-corrected chi connectivity index (χ2v) is 11.8. The molecule has 1 N–H and O–H groups in total. The highest BCUT2D eigenvalue weighted by molar-refractivity contribution is 7.12. The van der Waals surface area contributed by atoms with Crippen molar-refractivity contribution in [2.24, 2.45) is 5.41 Å². The van der Waals surface area contributed by atoms with Gasteiger partial charge in [-0.1, -0.05) is 20.8 Å². The van der Waals surface area contributed by atoms with E-state index in [0.29, 0.717) is 43.1 Å². The maximum absolute atomic E-state index is 13.4. The van der Waals surface area contributed by atoms with Crippen LogP contribution in [0.2, 0.25) is 0 Å². The fourth-order valence-electron chi connectivity index (χ4n) is 5.16. The molecule has 34 heavy (non-hydrogen) atoms. The smallest absolute Gasteiger partial charge is 0.254 e. The summed E-state index contributed by atoms with van der Waals surface area (Å²) in [6, 6.07) is 3.71. The third kappa shape index (κ3) is 3.91. The number of benzene rings is 1. The monoisotopic (exact) mass is 480 g/mol. The fraction of sp³-hybridized carbons (Fsp3) is 0.538. The molecule has 2 aromatic heterocycles. The van der Waals surface area contributed by atoms with Crippen molar-refractivity contribution in [2.45, 2.75) is 65.7 Å². The van der Waals surface area contributed by atoms with E-state index in [1.54, 1.807) is 17.4 Å². The number of fused-ring (bicyclic) bond motifs is 2. The van der Waals surface area contributed by atoms with Gasteiger partial charge in [-0.25, -0.2) is 4.98 Å². The number of carbonyl (C=O) groups excluding carboxylic acids is 2. The largest absolute Gasteiger partial charge is 0.491 e. The summed E-state index contributed by atoms with van der Waals surface area (Å²) in [5.41, 5.74) is 2.86. The number of likely N-dealkylation sites (tertiary alicyclic amines) is 1. The minimum absolute atomic E-state index is 0.00828. The molecule has 2 aliphatic rings. The van der Waals surface area contributed by atoms with Gasteiger partial charge in [-0.05, 0) is 50.7 Å². The Morgan fingerprint density at radius 2 is 1.97 bits per heavy atom. The fourth-order valence-corrected chi connectivity index (χ4v) is 6.47. The van der Waals surface area contributed by atoms with Crippen LogP contribution in [0.25, 0.3) is 10.9 Å². The van der Waals surface area contributed by atoms with Gasteiger partial charge in [0.2, 0.25) is 0 Å². The molecule has 0 atom stereocenters. The number of ether oxygens (including phenoxy) is 1. The zero-order valence-corrected chi connectivity index (χ0v) is 21.4. The van der Waals surface area contributed by atoms with Gasteiger partial charge in [0.05, 0.1) is 11.6 Å². The Hall–Kier alpha value is -2.74. The molecule has 5 rings (SSSR count). The van der Waals surface area contributed by atoms with Crippen molar-refractivity contribution in [1.29, 1.82) is 0 Å². The highest BCUT2D eigenvalue weighted by Gasteiger charge is 2.44. The molecule has 1 aliphatic heterocycles. The van der Waals surface area contributed by atoms with Gasteiger partial charge in [0.15, 0.2) is 5.78 Å². The zero-order valence-electron chi connectivity index (χ0n) is 20.6. The number of hydrogen-bond donors (Lipinski definition) is 1. The number of nitrogens with one attached hydrogen (secondary N) is 1. The molecular formula is C26H32N4O3S. The molecular weight excluding hydrogens is 448 g/mol. The van der Waals surface area contributed by atoms with Crippen LogP contribution in [0.15, 0.2) is 12.1 Å². The minimum atomic E-state index is -0.0653. The number of carbonyl (C=O) groups is 2. The van der Waals surface area contributed by atoms with Crippen molar-refractivity contribution in [2.75, 3.05) is 19.7 Å². The number of nitrogens with zero attached hydrogens (tertiary/aromatic N) is 3. The lowest BCUT2D eigenvalue weighted by Crippen LogP contribution is -2.46. The molecule has 0 saturated carbocycles. The van der Waals surface area contributed by atoms with E-state index in [1.165, 1.54) is 0 Å². The number of thiazole rings is 1. The Balaban J connectivity index is 1.35. The van der Waals surface area contributed by atoms with E-state index in [1.807, 2.05) is 24.8 Å². The molecule has 180 valence electrons. The lowest BCUT2D eigenvalue weighted by Gasteiger charge is -2.43. The molecule has 0 unspecified atom stereocenters. The van der Waals surface area contributed by atoms with Gasteiger partial charge in [0, 0.05) is 46.4 Å². The van der Waals surface area contributed by atoms with Crippen LogP contribution in [0, 0.1) is 12.3 Å². The van der Waals surface area contributed by atoms with Gasteiger partial charge >= 0.3 is 0 Å². The quantitative estimate of drug-likeness (QED) is 0.565. The molecule has 8 heteroatoms. The number of aryl methyl sites for hydroxylation is 1. The van der Waals surface area contributed by atoms with E-state index in [0.717, 1.165) is 45.7 Å². The molecule has 3 heterocycles. The van der Waals surface area contributed by atoms with Crippen molar-refractivity contribution in [3.8, 4) is 5.75 Å². The second-order valence-electron chi connectivity index (χ2n) is 10.8. The molecule has 1 spiro atoms. The predicted octanol–water partition coefficient (Wildman–Crippen LogP) is 5.08. The van der Waals surface area contributed by atoms with Gasteiger partial charge in [0.1, 0.15) is 17.0 Å². The molecule has 1 aromatic carbocycles. The first-order chi connectivity index (χ1) is 16.1. The topological polar surface area (TPSA) is 88.2 Å². The van der Waals surface area contributed by atoms with Gasteiger partial charge < -0.3 is 9.64 Å². The van der Waals surface area contributed by atoms with E-state index in [2.05, 4.69) is 31.0 Å². The lowest BCUT2D eigenvalue weighted by atomic mass is 9.68. The van der Waals surface area contributed by atoms with Crippen molar-refractivity contribution < 1.29 is 14.3 Å². The summed E-state index contributed by atoms with van der Waals surface area (Å²) >= 11 is 1.69. The standard InChI is InChI=1S/C26H32N4O3S/c1-6-33-19-12-16(11-17-15(2)28-29-21(17)19)23(32)30-9-7-26(8-10-30)13-18(31)22-20(14-26)34-24(27-22)25(3,4)5/h11-12H,6-10,13-14H2,1-5H3,(H,28,29). The molecule has 1 amide bonds. The van der Waals surface area contributed by atoms with Crippen LogP contribution < -0.4 is 4.74 Å². The Labute approximate surface area is 203 Å². The maximum atomic E-state index is 13.4. The highest BCUT2D eigenvalue weighted by Crippen LogP contribution is 2.46. The van der Waals surface area contributed by atoms with Crippen LogP contribution in [-0.4, -0.2) is 51.5 Å². The molecule has 1 fully saturated rings. The Bertz CT molecular complexity index is 1280. The first-order valence-electron chi connectivity index (χ1n) is 12.0. The van der Waals surface area contributed by atoms with E-state index < -0.39 is 0 Å². The Morgan fingerprint density at radius 3 is 2.65 bits per heavy atom. The number of hydrogen-bond acceptors (Lipinski definition) is 6. The molecule has 1 aliphatic carbocycles. The summed E-state index contributed by atoms with van der Waals surface area (Å²) in [4.78, 5) is 34.2. The summed E-state index contributed by atoms with van der Waals surface area (Å²) in [7, 11) is 0. The van der Waals surface area contributed by atoms with Crippen molar-refractivity contribution in [3.05, 3.63) is 39.0 Å². The third-order valence-corrected chi connectivity index (χ3v) is 8.63. The number of ketones is 1. The van der Waals surface area contributed by atoms with E-state index >= 15 is 0 Å². The summed E-state index contributed by atoms with van der Waals surface area (Å²) in [5.74, 6) is 0.801. The lowest BCUT2D eigenvalue weighted by molar-refractivity contribution is 0.0522. The number of aromatic nitrogens is 3. The zero-order chi connectivity index (χ0) is 24.3. The molecule has 7 nitrogen and oxygen atoms in total. The number of Topliss-reactive ketones (excluding diaryl/α,β-unsaturated/α-hetero) is 1. The van der Waals surface area contributed by atoms with Crippen LogP contribution >= 0.6 is 11.3 Å². The molecule has 1 saturated heterocycles. The number of amides is 1. The summed E-state index contributed by atoms with van der Waals surface area (Å²) < 4.78 is 5.78. The van der Waals surface area contributed by atoms with Crippen LogP contribution in [0.3, 0.4) is 0 Å². The van der Waals surface area contributed by atoms with Crippen LogP contribution in [0.4, 0.5) is 0 Å². The molecule has 0 radical (unpaired) electrons. The molecule has 0 bridgehead atoms. The SMILES string of the molecule is CCOc1cc(C(=O)N2CCC3(CC2)CC(=O)c2nc(C(C)(C)C)sc2C3)cc2c(C)[nH]nc12. The maximum Gasteiger partial charge on any atom is 0.254 e. The third-order valence-electron chi connectivity index (χ3n) is 7.15. The number of rotatable bonds is 3. The van der Waals surface area contributed by atoms with Crippen LogP contribution in [0.1, 0.15) is 83.4 Å². The number of piperidine rings is 1. The van der Waals surface area contributed by atoms with Crippen molar-refractivity contribution >= 4 is 33.9 Å². The average Bonchev–Trinajstić information content (AvgIpc) is 3.38. The summed E-state index contributed by atoms with van der Waals surface area (Å²) in [6.45, 7) is 12.1. The normalized spacial score (nSPS) is 17.9. The average molecular weight is 481 g/mol. The van der Waals surface area contributed by atoms with Gasteiger partial charge in [0.25, 0.3) is 5.91 Å². The van der Waals surface area contributed by atoms with E-state index in [9.17, 15) is 9.59 Å². The van der Waals surface area contributed by atoms with Gasteiger partial charge in [-0.15, -0.1) is 11.3 Å². The van der Waals surface area contributed by atoms with Crippen molar-refractivity contribution in [1.82, 2.24) is 20.1 Å². The summed E-state index contributed by atoms with van der Waals surface area (Å²) in [6.07, 6.45) is 3.08. The highest BCUT2D eigenvalue weighted by atomic mass is 32.1. The Morgan fingerprint density at radius 1 is 1.24 bits per heavy atom. The summed E-state index contributed by atoms with van der Waals surface area (Å²) in [5, 5.41) is 9.27. The van der Waals surface area contributed by atoms with E-state index in [4.69, 9.17) is 9.72 Å². The Kier molecular flexibility index (Phi) is 5.54. The van der Waals surface area contributed by atoms with Crippen LogP contribution in [0.5, 0.6) is 5.75 Å². The molecule has 3 aromatic rings. The van der Waals surface area contributed by atoms with Crippen LogP contribution in [-0.2, 0) is 11.8 Å². The number of aromatic amines is 1. The van der Waals surface area contributed by atoms with E-state index in [-0.39, 0.29) is 22.5 Å². The first-order valence-corrected chi connectivity index (χ1v) is 12.9. The minimum Gasteiger partial charge on any atom is -0.491 e.